The van der Waals surface area contributed by atoms with Crippen molar-refractivity contribution in [3.8, 4) is 11.3 Å². The predicted octanol–water partition coefficient (Wildman–Crippen LogP) is 3.29. The fourth-order valence-electron chi connectivity index (χ4n) is 3.26. The third-order valence-electron chi connectivity index (χ3n) is 4.75. The quantitative estimate of drug-likeness (QED) is 0.233. The lowest BCUT2D eigenvalue weighted by atomic mass is 10.2. The van der Waals surface area contributed by atoms with Gasteiger partial charge in [0.15, 0.2) is 5.96 Å². The maximum absolute atomic E-state index is 5.70. The van der Waals surface area contributed by atoms with Crippen LogP contribution < -0.4 is 5.32 Å². The molecule has 1 aromatic heterocycles. The average molecular weight is 513 g/mol. The molecule has 0 spiro atoms. The van der Waals surface area contributed by atoms with Crippen molar-refractivity contribution in [3.63, 3.8) is 0 Å². The van der Waals surface area contributed by atoms with E-state index in [2.05, 4.69) is 37.3 Å². The molecular weight excluding hydrogens is 481 g/mol. The van der Waals surface area contributed by atoms with Crippen LogP contribution in [-0.2, 0) is 16.0 Å². The summed E-state index contributed by atoms with van der Waals surface area (Å²) in [6, 6.07) is 10.2. The first kappa shape index (κ1) is 23.6. The molecule has 8 heteroatoms. The molecule has 0 radical (unpaired) electrons. The highest BCUT2D eigenvalue weighted by Crippen LogP contribution is 2.16. The standard InChI is InChI=1S/C21H31N5O2.HI/c1-22-21(23-11-7-12-27-16-18-10-6-13-28-18)26(2)15-20-24-14-19(25-20)17-8-4-3-5-9-17;/h3-5,8-9,14,18H,6-7,10-13,15-16H2,1-2H3,(H,22,23)(H,24,25);1H. The monoisotopic (exact) mass is 513 g/mol. The van der Waals surface area contributed by atoms with Gasteiger partial charge in [0.1, 0.15) is 5.82 Å². The van der Waals surface area contributed by atoms with E-state index in [1.165, 1.54) is 0 Å². The first-order chi connectivity index (χ1) is 13.8. The summed E-state index contributed by atoms with van der Waals surface area (Å²) in [5.41, 5.74) is 2.16. The van der Waals surface area contributed by atoms with Crippen LogP contribution in [0.1, 0.15) is 25.1 Å². The summed E-state index contributed by atoms with van der Waals surface area (Å²) >= 11 is 0. The number of aliphatic imine (C=N–C) groups is 1. The molecule has 1 aliphatic rings. The van der Waals surface area contributed by atoms with Crippen LogP contribution in [0.3, 0.4) is 0 Å². The molecule has 0 bridgehead atoms. The van der Waals surface area contributed by atoms with Crippen LogP contribution in [0, 0.1) is 0 Å². The second kappa shape index (κ2) is 12.8. The van der Waals surface area contributed by atoms with Crippen LogP contribution in [0.2, 0.25) is 0 Å². The Morgan fingerprint density at radius 1 is 1.38 bits per heavy atom. The number of benzene rings is 1. The average Bonchev–Trinajstić information content (AvgIpc) is 3.40. The fourth-order valence-corrected chi connectivity index (χ4v) is 3.26. The molecule has 0 amide bonds. The normalized spacial score (nSPS) is 16.5. The Bertz CT molecular complexity index is 732. The molecule has 2 aromatic rings. The Labute approximate surface area is 190 Å². The minimum atomic E-state index is 0. The van der Waals surface area contributed by atoms with Gasteiger partial charge in [-0.3, -0.25) is 4.99 Å². The number of H-pyrrole nitrogens is 1. The van der Waals surface area contributed by atoms with Gasteiger partial charge in [0, 0.05) is 33.9 Å². The molecule has 1 aliphatic heterocycles. The third kappa shape index (κ3) is 7.60. The highest BCUT2D eigenvalue weighted by Gasteiger charge is 2.15. The van der Waals surface area contributed by atoms with Gasteiger partial charge in [0.2, 0.25) is 0 Å². The summed E-state index contributed by atoms with van der Waals surface area (Å²) in [5, 5.41) is 3.38. The maximum Gasteiger partial charge on any atom is 0.193 e. The van der Waals surface area contributed by atoms with Crippen molar-refractivity contribution < 1.29 is 9.47 Å². The molecular formula is C21H32IN5O2. The lowest BCUT2D eigenvalue weighted by Gasteiger charge is -2.21. The summed E-state index contributed by atoms with van der Waals surface area (Å²) < 4.78 is 11.3. The molecule has 1 atom stereocenters. The number of nitrogens with one attached hydrogen (secondary N) is 2. The first-order valence-electron chi connectivity index (χ1n) is 9.96. The SMILES string of the molecule is CN=C(NCCCOCC1CCCO1)N(C)Cc1ncc(-c2ccccc2)[nH]1.I. The summed E-state index contributed by atoms with van der Waals surface area (Å²) in [6.45, 7) is 3.78. The van der Waals surface area contributed by atoms with E-state index in [9.17, 15) is 0 Å². The van der Waals surface area contributed by atoms with E-state index in [-0.39, 0.29) is 24.0 Å². The number of aromatic amines is 1. The van der Waals surface area contributed by atoms with Crippen molar-refractivity contribution in [2.24, 2.45) is 4.99 Å². The minimum Gasteiger partial charge on any atom is -0.379 e. The number of guanidine groups is 1. The number of hydrogen-bond acceptors (Lipinski definition) is 4. The van der Waals surface area contributed by atoms with E-state index in [1.54, 1.807) is 7.05 Å². The van der Waals surface area contributed by atoms with Gasteiger partial charge in [0.05, 0.1) is 31.1 Å². The Balaban J connectivity index is 0.00000300. The molecule has 160 valence electrons. The number of ether oxygens (including phenoxy) is 2. The van der Waals surface area contributed by atoms with Crippen molar-refractivity contribution in [2.45, 2.75) is 31.9 Å². The van der Waals surface area contributed by atoms with E-state index < -0.39 is 0 Å². The van der Waals surface area contributed by atoms with E-state index in [1.807, 2.05) is 31.4 Å². The highest BCUT2D eigenvalue weighted by atomic mass is 127. The van der Waals surface area contributed by atoms with Gasteiger partial charge in [-0.05, 0) is 24.8 Å². The van der Waals surface area contributed by atoms with Crippen LogP contribution >= 0.6 is 24.0 Å². The van der Waals surface area contributed by atoms with Gasteiger partial charge >= 0.3 is 0 Å². The van der Waals surface area contributed by atoms with Crippen LogP contribution in [0.4, 0.5) is 0 Å². The summed E-state index contributed by atoms with van der Waals surface area (Å²) in [5.74, 6) is 1.75. The molecule has 2 N–H and O–H groups in total. The Morgan fingerprint density at radius 3 is 2.93 bits per heavy atom. The second-order valence-electron chi connectivity index (χ2n) is 7.00. The number of halogens is 1. The van der Waals surface area contributed by atoms with Crippen LogP contribution in [0.15, 0.2) is 41.5 Å². The first-order valence-corrected chi connectivity index (χ1v) is 9.96. The topological polar surface area (TPSA) is 74.8 Å². The zero-order valence-electron chi connectivity index (χ0n) is 17.3. The Kier molecular flexibility index (Phi) is 10.4. The van der Waals surface area contributed by atoms with Crippen molar-refractivity contribution in [1.29, 1.82) is 0 Å². The van der Waals surface area contributed by atoms with Crippen molar-refractivity contribution in [1.82, 2.24) is 20.2 Å². The molecule has 3 rings (SSSR count). The zero-order valence-corrected chi connectivity index (χ0v) is 19.6. The van der Waals surface area contributed by atoms with Crippen molar-refractivity contribution in [2.75, 3.05) is 40.5 Å². The van der Waals surface area contributed by atoms with Crippen LogP contribution in [0.25, 0.3) is 11.3 Å². The molecule has 0 saturated carbocycles. The van der Waals surface area contributed by atoms with Gasteiger partial charge in [-0.15, -0.1) is 24.0 Å². The second-order valence-corrected chi connectivity index (χ2v) is 7.00. The van der Waals surface area contributed by atoms with E-state index >= 15 is 0 Å². The molecule has 1 unspecified atom stereocenters. The minimum absolute atomic E-state index is 0. The summed E-state index contributed by atoms with van der Waals surface area (Å²) in [4.78, 5) is 14.3. The predicted molar refractivity (Wildman–Crippen MR) is 127 cm³/mol. The number of rotatable bonds is 9. The molecule has 1 saturated heterocycles. The van der Waals surface area contributed by atoms with Gasteiger partial charge in [0.25, 0.3) is 0 Å². The fraction of sp³-hybridized carbons (Fsp3) is 0.524. The van der Waals surface area contributed by atoms with Gasteiger partial charge in [-0.2, -0.15) is 0 Å². The molecule has 1 fully saturated rings. The Hall–Kier alpha value is -1.65. The van der Waals surface area contributed by atoms with Gasteiger partial charge in [-0.1, -0.05) is 30.3 Å². The molecule has 29 heavy (non-hydrogen) atoms. The van der Waals surface area contributed by atoms with Gasteiger partial charge < -0.3 is 24.7 Å². The van der Waals surface area contributed by atoms with E-state index in [4.69, 9.17) is 9.47 Å². The molecule has 0 aliphatic carbocycles. The summed E-state index contributed by atoms with van der Waals surface area (Å²) in [7, 11) is 3.80. The number of aromatic nitrogens is 2. The molecule has 1 aromatic carbocycles. The zero-order chi connectivity index (χ0) is 19.6. The Morgan fingerprint density at radius 2 is 2.21 bits per heavy atom. The molecule has 7 nitrogen and oxygen atoms in total. The maximum atomic E-state index is 5.70. The van der Waals surface area contributed by atoms with Crippen molar-refractivity contribution in [3.05, 3.63) is 42.4 Å². The largest absolute Gasteiger partial charge is 0.379 e. The van der Waals surface area contributed by atoms with Crippen molar-refractivity contribution >= 4 is 29.9 Å². The molecule has 2 heterocycles. The smallest absolute Gasteiger partial charge is 0.193 e. The lowest BCUT2D eigenvalue weighted by molar-refractivity contribution is 0.0168. The number of hydrogen-bond donors (Lipinski definition) is 2. The number of nitrogens with zero attached hydrogens (tertiary/aromatic N) is 3. The van der Waals surface area contributed by atoms with Crippen LogP contribution in [0.5, 0.6) is 0 Å². The third-order valence-corrected chi connectivity index (χ3v) is 4.75. The van der Waals surface area contributed by atoms with E-state index in [0.717, 1.165) is 62.1 Å². The van der Waals surface area contributed by atoms with E-state index in [0.29, 0.717) is 19.3 Å². The van der Waals surface area contributed by atoms with Gasteiger partial charge in [-0.25, -0.2) is 4.98 Å². The highest BCUT2D eigenvalue weighted by molar-refractivity contribution is 14.0. The summed E-state index contributed by atoms with van der Waals surface area (Å²) in [6.07, 6.45) is 5.37. The number of imidazole rings is 1. The van der Waals surface area contributed by atoms with Crippen LogP contribution in [-0.4, -0.2) is 67.4 Å². The lowest BCUT2D eigenvalue weighted by Crippen LogP contribution is -2.39.